The maximum Gasteiger partial charge on any atom is 0.124 e. The number of nitrogen functional groups attached to an aromatic ring is 1. The van der Waals surface area contributed by atoms with Crippen LogP contribution in [0, 0.1) is 17.7 Å². The fourth-order valence-corrected chi connectivity index (χ4v) is 4.35. The van der Waals surface area contributed by atoms with Crippen LogP contribution in [0.2, 0.25) is 0 Å². The lowest BCUT2D eigenvalue weighted by Crippen LogP contribution is -2.21. The van der Waals surface area contributed by atoms with Crippen LogP contribution in [-0.4, -0.2) is 5.25 Å². The monoisotopic (exact) mass is 253 g/mol. The average Bonchev–Trinajstić information content (AvgIpc) is 2.22. The molecular weight excluding hydrogens is 233 g/mol. The fourth-order valence-electron chi connectivity index (χ4n) is 2.76. The van der Waals surface area contributed by atoms with Gasteiger partial charge in [0.25, 0.3) is 0 Å². The summed E-state index contributed by atoms with van der Waals surface area (Å²) >= 11 is 1.75. The molecule has 2 atom stereocenters. The first-order chi connectivity index (χ1) is 8.04. The Morgan fingerprint density at radius 2 is 1.82 bits per heavy atom. The van der Waals surface area contributed by atoms with Gasteiger partial charge in [0, 0.05) is 15.8 Å². The van der Waals surface area contributed by atoms with E-state index in [2.05, 4.69) is 13.8 Å². The van der Waals surface area contributed by atoms with Gasteiger partial charge in [0.05, 0.1) is 0 Å². The van der Waals surface area contributed by atoms with E-state index in [-0.39, 0.29) is 5.82 Å². The van der Waals surface area contributed by atoms with Gasteiger partial charge in [-0.2, -0.15) is 0 Å². The van der Waals surface area contributed by atoms with Gasteiger partial charge in [-0.05, 0) is 49.3 Å². The Morgan fingerprint density at radius 3 is 2.47 bits per heavy atom. The van der Waals surface area contributed by atoms with E-state index in [1.54, 1.807) is 23.9 Å². The molecular formula is C14H20FNS. The molecule has 1 nitrogen and oxygen atoms in total. The molecule has 1 aliphatic rings. The molecule has 1 aromatic carbocycles. The molecule has 0 aliphatic heterocycles. The molecule has 0 heterocycles. The molecule has 0 bridgehead atoms. The van der Waals surface area contributed by atoms with Crippen LogP contribution in [0.15, 0.2) is 23.1 Å². The van der Waals surface area contributed by atoms with Crippen LogP contribution < -0.4 is 5.73 Å². The van der Waals surface area contributed by atoms with E-state index in [9.17, 15) is 4.39 Å². The molecule has 17 heavy (non-hydrogen) atoms. The van der Waals surface area contributed by atoms with Crippen molar-refractivity contribution in [3.8, 4) is 0 Å². The molecule has 1 aromatic rings. The first-order valence-electron chi connectivity index (χ1n) is 6.26. The second kappa shape index (κ2) is 5.30. The summed E-state index contributed by atoms with van der Waals surface area (Å²) in [5.74, 6) is 1.34. The first kappa shape index (κ1) is 12.7. The standard InChI is InChI=1S/C14H20FNS/c1-9-5-10(2)7-12(6-9)17-14-8-11(15)3-4-13(14)16/h3-4,8-10,12H,5-7,16H2,1-2H3. The minimum Gasteiger partial charge on any atom is -0.398 e. The van der Waals surface area contributed by atoms with Gasteiger partial charge < -0.3 is 5.73 Å². The predicted octanol–water partition coefficient (Wildman–Crippen LogP) is 4.32. The van der Waals surface area contributed by atoms with E-state index >= 15 is 0 Å². The van der Waals surface area contributed by atoms with E-state index in [4.69, 9.17) is 5.73 Å². The molecule has 2 rings (SSSR count). The Hall–Kier alpha value is -0.700. The van der Waals surface area contributed by atoms with Gasteiger partial charge in [-0.1, -0.05) is 13.8 Å². The zero-order valence-electron chi connectivity index (χ0n) is 10.4. The van der Waals surface area contributed by atoms with Gasteiger partial charge >= 0.3 is 0 Å². The molecule has 0 spiro atoms. The number of benzene rings is 1. The van der Waals surface area contributed by atoms with E-state index in [0.717, 1.165) is 16.7 Å². The summed E-state index contributed by atoms with van der Waals surface area (Å²) in [7, 11) is 0. The number of halogens is 1. The van der Waals surface area contributed by atoms with Crippen molar-refractivity contribution in [3.63, 3.8) is 0 Å². The molecule has 0 saturated heterocycles. The van der Waals surface area contributed by atoms with Crippen molar-refractivity contribution >= 4 is 17.4 Å². The number of hydrogen-bond donors (Lipinski definition) is 1. The second-order valence-electron chi connectivity index (χ2n) is 5.34. The number of rotatable bonds is 2. The topological polar surface area (TPSA) is 26.0 Å². The fraction of sp³-hybridized carbons (Fsp3) is 0.571. The molecule has 2 N–H and O–H groups in total. The number of nitrogens with two attached hydrogens (primary N) is 1. The molecule has 3 heteroatoms. The number of thioether (sulfide) groups is 1. The third-order valence-corrected chi connectivity index (χ3v) is 4.73. The smallest absolute Gasteiger partial charge is 0.124 e. The minimum atomic E-state index is -0.196. The molecule has 1 aliphatic carbocycles. The van der Waals surface area contributed by atoms with Crippen molar-refractivity contribution in [3.05, 3.63) is 24.0 Å². The lowest BCUT2D eigenvalue weighted by atomic mass is 9.83. The molecule has 2 unspecified atom stereocenters. The Bertz CT molecular complexity index is 384. The van der Waals surface area contributed by atoms with Gasteiger partial charge in [-0.25, -0.2) is 4.39 Å². The summed E-state index contributed by atoms with van der Waals surface area (Å²) in [6.07, 6.45) is 3.74. The van der Waals surface area contributed by atoms with Crippen molar-refractivity contribution < 1.29 is 4.39 Å². The summed E-state index contributed by atoms with van der Waals surface area (Å²) in [4.78, 5) is 0.899. The Morgan fingerprint density at radius 1 is 1.18 bits per heavy atom. The predicted molar refractivity (Wildman–Crippen MR) is 72.6 cm³/mol. The summed E-state index contributed by atoms with van der Waals surface area (Å²) in [5.41, 5.74) is 6.58. The summed E-state index contributed by atoms with van der Waals surface area (Å²) in [6.45, 7) is 4.61. The quantitative estimate of drug-likeness (QED) is 0.794. The molecule has 1 fully saturated rings. The van der Waals surface area contributed by atoms with Crippen LogP contribution in [-0.2, 0) is 0 Å². The van der Waals surface area contributed by atoms with Crippen LogP contribution in [0.3, 0.4) is 0 Å². The Balaban J connectivity index is 2.07. The lowest BCUT2D eigenvalue weighted by Gasteiger charge is -2.31. The van der Waals surface area contributed by atoms with Crippen molar-refractivity contribution in [2.75, 3.05) is 5.73 Å². The van der Waals surface area contributed by atoms with Crippen LogP contribution in [0.4, 0.5) is 10.1 Å². The van der Waals surface area contributed by atoms with Gasteiger partial charge in [0.1, 0.15) is 5.82 Å². The highest BCUT2D eigenvalue weighted by molar-refractivity contribution is 8.00. The van der Waals surface area contributed by atoms with Gasteiger partial charge in [0.15, 0.2) is 0 Å². The van der Waals surface area contributed by atoms with Crippen LogP contribution in [0.1, 0.15) is 33.1 Å². The molecule has 0 radical (unpaired) electrons. The van der Waals surface area contributed by atoms with Gasteiger partial charge in [0.2, 0.25) is 0 Å². The summed E-state index contributed by atoms with van der Waals surface area (Å²) < 4.78 is 13.2. The highest BCUT2D eigenvalue weighted by Gasteiger charge is 2.25. The number of anilines is 1. The molecule has 94 valence electrons. The SMILES string of the molecule is CC1CC(C)CC(Sc2cc(F)ccc2N)C1. The van der Waals surface area contributed by atoms with Crippen LogP contribution >= 0.6 is 11.8 Å². The van der Waals surface area contributed by atoms with E-state index in [0.29, 0.717) is 10.9 Å². The van der Waals surface area contributed by atoms with Crippen LogP contribution in [0.5, 0.6) is 0 Å². The largest absolute Gasteiger partial charge is 0.398 e. The average molecular weight is 253 g/mol. The Kier molecular flexibility index (Phi) is 3.97. The van der Waals surface area contributed by atoms with Crippen LogP contribution in [0.25, 0.3) is 0 Å². The van der Waals surface area contributed by atoms with Crippen molar-refractivity contribution in [1.29, 1.82) is 0 Å². The number of hydrogen-bond acceptors (Lipinski definition) is 2. The maximum atomic E-state index is 13.2. The summed E-state index contributed by atoms with van der Waals surface area (Å²) in [5, 5.41) is 0.581. The van der Waals surface area contributed by atoms with E-state index in [1.807, 2.05) is 0 Å². The summed E-state index contributed by atoms with van der Waals surface area (Å²) in [6, 6.07) is 4.64. The van der Waals surface area contributed by atoms with Crippen molar-refractivity contribution in [2.45, 2.75) is 43.3 Å². The van der Waals surface area contributed by atoms with Gasteiger partial charge in [-0.15, -0.1) is 11.8 Å². The zero-order valence-corrected chi connectivity index (χ0v) is 11.3. The molecule has 0 aromatic heterocycles. The van der Waals surface area contributed by atoms with E-state index < -0.39 is 0 Å². The zero-order chi connectivity index (χ0) is 12.4. The van der Waals surface area contributed by atoms with Crippen molar-refractivity contribution in [1.82, 2.24) is 0 Å². The highest BCUT2D eigenvalue weighted by atomic mass is 32.2. The molecule has 1 saturated carbocycles. The van der Waals surface area contributed by atoms with Gasteiger partial charge in [-0.3, -0.25) is 0 Å². The third-order valence-electron chi connectivity index (χ3n) is 3.40. The lowest BCUT2D eigenvalue weighted by molar-refractivity contribution is 0.309. The third kappa shape index (κ3) is 3.38. The highest BCUT2D eigenvalue weighted by Crippen LogP contribution is 2.40. The maximum absolute atomic E-state index is 13.2. The molecule has 0 amide bonds. The minimum absolute atomic E-state index is 0.196. The Labute approximate surface area is 107 Å². The van der Waals surface area contributed by atoms with Crippen molar-refractivity contribution in [2.24, 2.45) is 11.8 Å². The second-order valence-corrected chi connectivity index (χ2v) is 6.68. The van der Waals surface area contributed by atoms with E-state index in [1.165, 1.54) is 25.3 Å². The first-order valence-corrected chi connectivity index (χ1v) is 7.14. The normalized spacial score (nSPS) is 29.2.